The van der Waals surface area contributed by atoms with E-state index in [9.17, 15) is 24.0 Å². The van der Waals surface area contributed by atoms with Crippen molar-refractivity contribution in [2.45, 2.75) is 116 Å². The molecule has 0 unspecified atom stereocenters. The molecule has 1 aliphatic rings. The molecule has 2 aromatic carbocycles. The minimum Gasteiger partial charge on any atom is -0.458 e. The van der Waals surface area contributed by atoms with Gasteiger partial charge in [-0.05, 0) is 91.8 Å². The molecule has 16 heteroatoms. The maximum absolute atomic E-state index is 14.1. The van der Waals surface area contributed by atoms with Gasteiger partial charge in [-0.2, -0.15) is 0 Å². The number of imidazole rings is 1. The molecule has 3 heterocycles. The first-order chi connectivity index (χ1) is 28.8. The first kappa shape index (κ1) is 46.0. The number of rotatable bonds is 15. The molecule has 1 aliphatic heterocycles. The van der Waals surface area contributed by atoms with Crippen molar-refractivity contribution >= 4 is 41.0 Å². The molecule has 0 saturated carbocycles. The van der Waals surface area contributed by atoms with Gasteiger partial charge < -0.3 is 49.9 Å². The van der Waals surface area contributed by atoms with Crippen LogP contribution in [0.4, 0.5) is 14.4 Å². The summed E-state index contributed by atoms with van der Waals surface area (Å²) in [6.07, 6.45) is 4.23. The Morgan fingerprint density at radius 2 is 1.46 bits per heavy atom. The van der Waals surface area contributed by atoms with Gasteiger partial charge >= 0.3 is 24.2 Å². The second-order valence-electron chi connectivity index (χ2n) is 17.9. The third-order valence-corrected chi connectivity index (χ3v) is 10.2. The first-order valence-corrected chi connectivity index (χ1v) is 20.9. The van der Waals surface area contributed by atoms with E-state index in [-0.39, 0.29) is 19.1 Å². The first-order valence-electron chi connectivity index (χ1n) is 20.9. The molecule has 330 valence electrons. The van der Waals surface area contributed by atoms with Gasteiger partial charge in [-0.15, -0.1) is 0 Å². The normalized spacial score (nSPS) is 14.5. The molecule has 5 N–H and O–H groups in total. The lowest BCUT2D eigenvalue weighted by molar-refractivity contribution is -0.159. The Kier molecular flexibility index (Phi) is 15.1. The predicted molar refractivity (Wildman–Crippen MR) is 231 cm³/mol. The largest absolute Gasteiger partial charge is 0.458 e. The van der Waals surface area contributed by atoms with Crippen LogP contribution in [0, 0.1) is 0 Å². The van der Waals surface area contributed by atoms with Crippen molar-refractivity contribution < 1.29 is 38.2 Å². The minimum atomic E-state index is -1.19. The number of ether oxygens (including phenoxy) is 3. The summed E-state index contributed by atoms with van der Waals surface area (Å²) in [6, 6.07) is 15.4. The van der Waals surface area contributed by atoms with Crippen molar-refractivity contribution in [1.29, 1.82) is 0 Å². The third kappa shape index (κ3) is 13.5. The Morgan fingerprint density at radius 1 is 0.803 bits per heavy atom. The summed E-state index contributed by atoms with van der Waals surface area (Å²) in [7, 11) is 0. The van der Waals surface area contributed by atoms with Crippen molar-refractivity contribution in [3.05, 3.63) is 89.6 Å². The number of para-hydroxylation sites is 1. The number of piperazine rings is 1. The Labute approximate surface area is 357 Å². The average molecular weight is 843 g/mol. The number of fused-ring (bicyclic) bond motifs is 1. The number of amides is 5. The van der Waals surface area contributed by atoms with Crippen LogP contribution in [-0.2, 0) is 42.2 Å². The molecule has 2 atom stereocenters. The average Bonchev–Trinajstić information content (AvgIpc) is 3.87. The second-order valence-corrected chi connectivity index (χ2v) is 17.9. The molecule has 2 aromatic heterocycles. The number of nitrogens with zero attached hydrogens (tertiary/aromatic N) is 3. The number of aromatic amines is 2. The summed E-state index contributed by atoms with van der Waals surface area (Å²) in [5.74, 6) is -0.549. The molecule has 16 nitrogen and oxygen atoms in total. The Morgan fingerprint density at radius 3 is 2.15 bits per heavy atom. The van der Waals surface area contributed by atoms with Gasteiger partial charge in [-0.1, -0.05) is 48.5 Å². The zero-order valence-corrected chi connectivity index (χ0v) is 36.7. The molecule has 4 aromatic rings. The molecule has 0 aliphatic carbocycles. The van der Waals surface area contributed by atoms with Gasteiger partial charge in [0.15, 0.2) is 0 Å². The summed E-state index contributed by atoms with van der Waals surface area (Å²) in [5.41, 5.74) is 0.672. The van der Waals surface area contributed by atoms with E-state index < -0.39 is 52.8 Å². The molecule has 0 spiro atoms. The van der Waals surface area contributed by atoms with Crippen LogP contribution in [0.25, 0.3) is 10.9 Å². The summed E-state index contributed by atoms with van der Waals surface area (Å²) in [5, 5.41) is 9.81. The molecule has 61 heavy (non-hydrogen) atoms. The molecule has 5 amide bonds. The lowest BCUT2D eigenvalue weighted by atomic mass is 9.88. The van der Waals surface area contributed by atoms with Gasteiger partial charge in [0.1, 0.15) is 29.7 Å². The number of hydrogen-bond acceptors (Lipinski definition) is 9. The number of hydrogen-bond donors (Lipinski definition) is 5. The Bertz CT molecular complexity index is 2110. The van der Waals surface area contributed by atoms with Gasteiger partial charge in [0, 0.05) is 68.1 Å². The molecule has 0 bridgehead atoms. The number of urea groups is 1. The minimum absolute atomic E-state index is 0.155. The van der Waals surface area contributed by atoms with Crippen LogP contribution in [0.3, 0.4) is 0 Å². The number of aromatic nitrogens is 3. The van der Waals surface area contributed by atoms with Crippen LogP contribution < -0.4 is 16.0 Å². The van der Waals surface area contributed by atoms with E-state index >= 15 is 0 Å². The van der Waals surface area contributed by atoms with Crippen LogP contribution in [0.5, 0.6) is 0 Å². The van der Waals surface area contributed by atoms with E-state index in [0.717, 1.165) is 22.0 Å². The maximum atomic E-state index is 14.1. The van der Waals surface area contributed by atoms with E-state index in [1.165, 1.54) is 0 Å². The highest BCUT2D eigenvalue weighted by atomic mass is 16.6. The quantitative estimate of drug-likeness (QED) is 0.0495. The van der Waals surface area contributed by atoms with Crippen molar-refractivity contribution in [3.63, 3.8) is 0 Å². The number of carbonyl (C=O) groups excluding carboxylic acids is 5. The number of unbranched alkanes of at least 4 members (excludes halogenated alkanes) is 1. The summed E-state index contributed by atoms with van der Waals surface area (Å²) >= 11 is 0. The van der Waals surface area contributed by atoms with Gasteiger partial charge in [0.25, 0.3) is 0 Å². The highest BCUT2D eigenvalue weighted by molar-refractivity contribution is 5.91. The number of alkyl carbamates (subject to hydrolysis) is 1. The van der Waals surface area contributed by atoms with Crippen LogP contribution in [0.1, 0.15) is 103 Å². The zero-order valence-electron chi connectivity index (χ0n) is 36.7. The van der Waals surface area contributed by atoms with Crippen molar-refractivity contribution in [1.82, 2.24) is 40.7 Å². The fourth-order valence-electron chi connectivity index (χ4n) is 6.75. The van der Waals surface area contributed by atoms with Gasteiger partial charge in [-0.25, -0.2) is 24.2 Å². The van der Waals surface area contributed by atoms with Gasteiger partial charge in [-0.3, -0.25) is 4.79 Å². The van der Waals surface area contributed by atoms with E-state index in [2.05, 4.69) is 30.9 Å². The SMILES string of the molecule is CC(C)(C)OC(=O)[C@@H](CCCCNC(=O)OCc1ccccc1)NC(=O)C(C)(C)c1cnc([C@@H](Cc2c[nH]c3ccccc23)NC(=O)N2CCN(C(=O)OC(C)(C)C)CC2)[nH]1. The molecule has 0 radical (unpaired) electrons. The number of carbonyl (C=O) groups is 5. The lowest BCUT2D eigenvalue weighted by Gasteiger charge is -2.36. The summed E-state index contributed by atoms with van der Waals surface area (Å²) in [6.45, 7) is 16.0. The fourth-order valence-corrected chi connectivity index (χ4v) is 6.75. The topological polar surface area (TPSA) is 200 Å². The highest BCUT2D eigenvalue weighted by Crippen LogP contribution is 2.28. The number of benzene rings is 2. The second kappa shape index (κ2) is 20.0. The lowest BCUT2D eigenvalue weighted by Crippen LogP contribution is -2.54. The van der Waals surface area contributed by atoms with Gasteiger partial charge in [0.2, 0.25) is 5.91 Å². The number of esters is 1. The molecule has 1 saturated heterocycles. The van der Waals surface area contributed by atoms with Crippen LogP contribution in [0.2, 0.25) is 0 Å². The van der Waals surface area contributed by atoms with E-state index in [1.807, 2.05) is 81.6 Å². The Balaban J connectivity index is 1.25. The number of nitrogens with one attached hydrogen (secondary N) is 5. The van der Waals surface area contributed by atoms with E-state index in [1.54, 1.807) is 50.6 Å². The monoisotopic (exact) mass is 842 g/mol. The van der Waals surface area contributed by atoms with Crippen molar-refractivity contribution in [3.8, 4) is 0 Å². The third-order valence-electron chi connectivity index (χ3n) is 10.2. The van der Waals surface area contributed by atoms with Crippen molar-refractivity contribution in [2.75, 3.05) is 32.7 Å². The Hall–Kier alpha value is -6.06. The molecular weight excluding hydrogens is 781 g/mol. The molecule has 5 rings (SSSR count). The van der Waals surface area contributed by atoms with Crippen LogP contribution in [0.15, 0.2) is 67.0 Å². The van der Waals surface area contributed by atoms with Crippen molar-refractivity contribution in [2.24, 2.45) is 0 Å². The van der Waals surface area contributed by atoms with Gasteiger partial charge in [0.05, 0.1) is 11.5 Å². The molecular formula is C45H62N8O8. The van der Waals surface area contributed by atoms with E-state index in [4.69, 9.17) is 14.2 Å². The maximum Gasteiger partial charge on any atom is 0.410 e. The predicted octanol–water partition coefficient (Wildman–Crippen LogP) is 6.64. The van der Waals surface area contributed by atoms with Crippen LogP contribution >= 0.6 is 0 Å². The smallest absolute Gasteiger partial charge is 0.410 e. The summed E-state index contributed by atoms with van der Waals surface area (Å²) in [4.78, 5) is 80.8. The van der Waals surface area contributed by atoms with E-state index in [0.29, 0.717) is 63.5 Å². The standard InChI is InChI=1S/C45H62N8O8/c1-43(2,3)60-38(54)34(20-14-15-21-46-41(57)59-29-30-16-10-9-11-17-30)49-39(55)45(7,8)36-28-48-37(51-36)35(26-31-27-47-33-19-13-12-18-32(31)33)50-40(56)52-22-24-53(25-23-52)42(58)61-44(4,5)6/h9-13,16-19,27-28,34-35,47H,14-15,20-26,29H2,1-8H3,(H,46,57)(H,48,51)(H,49,55)(H,50,56)/t34-,35-/m1/s1. The highest BCUT2D eigenvalue weighted by Gasteiger charge is 2.37. The number of H-pyrrole nitrogens is 2. The summed E-state index contributed by atoms with van der Waals surface area (Å²) < 4.78 is 16.5. The molecule has 1 fully saturated rings. The van der Waals surface area contributed by atoms with Crippen LogP contribution in [-0.4, -0.2) is 105 Å². The fraction of sp³-hybridized carbons (Fsp3) is 0.511. The zero-order chi connectivity index (χ0) is 44.4.